The van der Waals surface area contributed by atoms with Crippen LogP contribution in [0.4, 0.5) is 11.4 Å². The van der Waals surface area contributed by atoms with Gasteiger partial charge in [0.2, 0.25) is 11.8 Å². The SMILES string of the molecule is C[C@H]1[C@H]([Si](C)(C)O)[C@@H](CC(=O)N2Cc3ccccc3C[C@H]2CO)O[C@]12C(=O)N(Cc1ccc(N3CCC3=O)cc1)c1ccccc12. The number of aliphatic hydroxyl groups is 1. The van der Waals surface area contributed by atoms with Crippen LogP contribution in [0.1, 0.15) is 42.0 Å². The van der Waals surface area contributed by atoms with E-state index in [0.29, 0.717) is 25.9 Å². The van der Waals surface area contributed by atoms with E-state index in [9.17, 15) is 24.3 Å². The molecule has 0 radical (unpaired) electrons. The van der Waals surface area contributed by atoms with Crippen molar-refractivity contribution in [2.24, 2.45) is 5.92 Å². The number of rotatable bonds is 7. The zero-order chi connectivity index (χ0) is 32.4. The number of para-hydroxylation sites is 1. The average molecular weight is 640 g/mol. The first-order valence-electron chi connectivity index (χ1n) is 16.2. The monoisotopic (exact) mass is 639 g/mol. The van der Waals surface area contributed by atoms with Crippen molar-refractivity contribution in [3.8, 4) is 0 Å². The topological polar surface area (TPSA) is 111 Å². The Balaban J connectivity index is 1.18. The lowest BCUT2D eigenvalue weighted by molar-refractivity contribution is -0.151. The maximum atomic E-state index is 14.7. The summed E-state index contributed by atoms with van der Waals surface area (Å²) >= 11 is 0. The van der Waals surface area contributed by atoms with Crippen molar-refractivity contribution in [3.05, 3.63) is 95.1 Å². The zero-order valence-corrected chi connectivity index (χ0v) is 27.6. The van der Waals surface area contributed by atoms with E-state index in [-0.39, 0.29) is 48.3 Å². The molecule has 0 aromatic heterocycles. The third kappa shape index (κ3) is 4.90. The summed E-state index contributed by atoms with van der Waals surface area (Å²) in [4.78, 5) is 57.5. The number of aliphatic hydroxyl groups excluding tert-OH is 1. The van der Waals surface area contributed by atoms with Gasteiger partial charge in [0.15, 0.2) is 13.9 Å². The second-order valence-electron chi connectivity index (χ2n) is 13.8. The lowest BCUT2D eigenvalue weighted by Crippen LogP contribution is -2.48. The minimum absolute atomic E-state index is 0.0124. The number of anilines is 2. The van der Waals surface area contributed by atoms with Gasteiger partial charge in [0.05, 0.1) is 37.4 Å². The first-order chi connectivity index (χ1) is 22.0. The van der Waals surface area contributed by atoms with E-state index < -0.39 is 20.0 Å². The average Bonchev–Trinajstić information content (AvgIpc) is 3.46. The van der Waals surface area contributed by atoms with Crippen molar-refractivity contribution in [1.82, 2.24) is 4.90 Å². The number of hydrogen-bond acceptors (Lipinski definition) is 6. The molecule has 3 aromatic carbocycles. The fourth-order valence-corrected chi connectivity index (χ4v) is 10.8. The van der Waals surface area contributed by atoms with E-state index in [1.165, 1.54) is 0 Å². The summed E-state index contributed by atoms with van der Waals surface area (Å²) in [7, 11) is -2.96. The van der Waals surface area contributed by atoms with Crippen LogP contribution in [0.25, 0.3) is 0 Å². The van der Waals surface area contributed by atoms with Crippen molar-refractivity contribution >= 4 is 37.4 Å². The molecule has 240 valence electrons. The first kappa shape index (κ1) is 30.8. The summed E-state index contributed by atoms with van der Waals surface area (Å²) in [5.41, 5.74) is 3.76. The van der Waals surface area contributed by atoms with Crippen LogP contribution in [0.5, 0.6) is 0 Å². The molecule has 5 atom stereocenters. The van der Waals surface area contributed by atoms with Gasteiger partial charge in [0.25, 0.3) is 5.91 Å². The Morgan fingerprint density at radius 3 is 2.35 bits per heavy atom. The molecular weight excluding hydrogens is 598 g/mol. The Hall–Kier alpha value is -3.83. The lowest BCUT2D eigenvalue weighted by Gasteiger charge is -2.37. The molecule has 0 aliphatic carbocycles. The Morgan fingerprint density at radius 1 is 1.00 bits per heavy atom. The number of carbonyl (C=O) groups is 3. The zero-order valence-electron chi connectivity index (χ0n) is 26.6. The summed E-state index contributed by atoms with van der Waals surface area (Å²) in [5.74, 6) is -0.615. The Bertz CT molecular complexity index is 1690. The normalized spacial score (nSPS) is 27.2. The van der Waals surface area contributed by atoms with Gasteiger partial charge in [-0.05, 0) is 54.4 Å². The molecule has 9 nitrogen and oxygen atoms in total. The van der Waals surface area contributed by atoms with E-state index in [1.807, 2.05) is 92.8 Å². The minimum atomic E-state index is -2.96. The third-order valence-corrected chi connectivity index (χ3v) is 13.1. The van der Waals surface area contributed by atoms with Crippen LogP contribution >= 0.6 is 0 Å². The highest BCUT2D eigenvalue weighted by molar-refractivity contribution is 6.71. The Labute approximate surface area is 270 Å². The number of nitrogens with zero attached hydrogens (tertiary/aromatic N) is 3. The third-order valence-electron chi connectivity index (χ3n) is 10.6. The molecule has 46 heavy (non-hydrogen) atoms. The Kier molecular flexibility index (Phi) is 7.67. The molecule has 0 unspecified atom stereocenters. The van der Waals surface area contributed by atoms with E-state index in [1.54, 1.807) is 14.7 Å². The van der Waals surface area contributed by atoms with Gasteiger partial charge in [-0.3, -0.25) is 14.4 Å². The standard InChI is InChI=1S/C36H41N3O6Si/c1-23-34(46(2,3)44)31(19-33(42)38-21-26-9-5-4-8-25(26)18-28(38)22-40)45-36(23)29-10-6-7-11-30(29)39(35(36)43)20-24-12-14-27(15-13-24)37-17-16-32(37)41/h4-15,23,28,31,34,40,44H,16-22H2,1-3H3/t23-,28-,31+,34-,36+/m0/s1. The van der Waals surface area contributed by atoms with Gasteiger partial charge in [-0.2, -0.15) is 0 Å². The highest BCUT2D eigenvalue weighted by Gasteiger charge is 2.66. The predicted octanol–water partition coefficient (Wildman–Crippen LogP) is 4.10. The van der Waals surface area contributed by atoms with Crippen LogP contribution in [-0.2, 0) is 44.2 Å². The summed E-state index contributed by atoms with van der Waals surface area (Å²) in [5, 5.41) is 10.2. The lowest BCUT2D eigenvalue weighted by atomic mass is 9.82. The molecule has 2 saturated heterocycles. The number of hydrogen-bond donors (Lipinski definition) is 2. The summed E-state index contributed by atoms with van der Waals surface area (Å²) in [6.07, 6.45) is 0.481. The number of fused-ring (bicyclic) bond motifs is 3. The fraction of sp³-hybridized carbons (Fsp3) is 0.417. The van der Waals surface area contributed by atoms with E-state index in [2.05, 4.69) is 0 Å². The van der Waals surface area contributed by atoms with Gasteiger partial charge < -0.3 is 29.3 Å². The molecule has 2 N–H and O–H groups in total. The van der Waals surface area contributed by atoms with Gasteiger partial charge >= 0.3 is 0 Å². The molecule has 0 saturated carbocycles. The van der Waals surface area contributed by atoms with Crippen molar-refractivity contribution in [1.29, 1.82) is 0 Å². The molecule has 3 aromatic rings. The predicted molar refractivity (Wildman–Crippen MR) is 176 cm³/mol. The van der Waals surface area contributed by atoms with Crippen molar-refractivity contribution in [2.45, 2.75) is 75.7 Å². The van der Waals surface area contributed by atoms with Gasteiger partial charge in [0.1, 0.15) is 0 Å². The highest BCUT2D eigenvalue weighted by Crippen LogP contribution is 2.59. The van der Waals surface area contributed by atoms with E-state index in [4.69, 9.17) is 4.74 Å². The van der Waals surface area contributed by atoms with Gasteiger partial charge in [0, 0.05) is 42.2 Å². The number of ether oxygens (including phenoxy) is 1. The fourth-order valence-electron chi connectivity index (χ4n) is 8.27. The number of benzene rings is 3. The van der Waals surface area contributed by atoms with Crippen LogP contribution in [0.15, 0.2) is 72.8 Å². The minimum Gasteiger partial charge on any atom is -0.432 e. The quantitative estimate of drug-likeness (QED) is 0.298. The maximum Gasteiger partial charge on any atom is 0.264 e. The van der Waals surface area contributed by atoms with Crippen LogP contribution in [0, 0.1) is 5.92 Å². The van der Waals surface area contributed by atoms with Gasteiger partial charge in [-0.15, -0.1) is 0 Å². The second-order valence-corrected chi connectivity index (χ2v) is 17.7. The maximum absolute atomic E-state index is 14.7. The van der Waals surface area contributed by atoms with Gasteiger partial charge in [-0.1, -0.05) is 61.5 Å². The van der Waals surface area contributed by atoms with Crippen LogP contribution < -0.4 is 9.80 Å². The number of carbonyl (C=O) groups excluding carboxylic acids is 3. The molecule has 4 heterocycles. The van der Waals surface area contributed by atoms with Crippen molar-refractivity contribution in [2.75, 3.05) is 23.0 Å². The first-order valence-corrected chi connectivity index (χ1v) is 19.2. The Morgan fingerprint density at radius 2 is 1.70 bits per heavy atom. The smallest absolute Gasteiger partial charge is 0.264 e. The van der Waals surface area contributed by atoms with Crippen LogP contribution in [-0.4, -0.2) is 66.1 Å². The number of amides is 3. The molecule has 2 fully saturated rings. The number of β-lactam (4-membered cyclic amide) rings is 1. The van der Waals surface area contributed by atoms with E-state index >= 15 is 0 Å². The summed E-state index contributed by atoms with van der Waals surface area (Å²) in [6.45, 7) is 6.98. The molecule has 4 aliphatic heterocycles. The van der Waals surface area contributed by atoms with Crippen LogP contribution in [0.3, 0.4) is 0 Å². The molecule has 7 rings (SSSR count). The second kappa shape index (κ2) is 11.4. The van der Waals surface area contributed by atoms with Crippen molar-refractivity contribution < 1.29 is 29.0 Å². The highest BCUT2D eigenvalue weighted by atomic mass is 28.4. The molecule has 0 bridgehead atoms. The molecular formula is C36H41N3O6Si. The molecule has 3 amide bonds. The van der Waals surface area contributed by atoms with Crippen molar-refractivity contribution in [3.63, 3.8) is 0 Å². The molecule has 4 aliphatic rings. The summed E-state index contributed by atoms with van der Waals surface area (Å²) in [6, 6.07) is 23.0. The van der Waals surface area contributed by atoms with Crippen LogP contribution in [0.2, 0.25) is 18.6 Å². The van der Waals surface area contributed by atoms with Gasteiger partial charge in [-0.25, -0.2) is 0 Å². The van der Waals surface area contributed by atoms with E-state index in [0.717, 1.165) is 40.2 Å². The molecule has 1 spiro atoms. The molecule has 10 heteroatoms. The largest absolute Gasteiger partial charge is 0.432 e. The summed E-state index contributed by atoms with van der Waals surface area (Å²) < 4.78 is 6.88.